The van der Waals surface area contributed by atoms with Crippen LogP contribution in [-0.4, -0.2) is 22.4 Å². The van der Waals surface area contributed by atoms with Gasteiger partial charge in [-0.05, 0) is 80.4 Å². The average Bonchev–Trinajstić information content (AvgIpc) is 2.41. The van der Waals surface area contributed by atoms with Gasteiger partial charge in [-0.15, -0.1) is 0 Å². The third-order valence-corrected chi connectivity index (χ3v) is 3.29. The monoisotopic (exact) mass is 366 g/mol. The van der Waals surface area contributed by atoms with Gasteiger partial charge in [0.2, 0.25) is 0 Å². The van der Waals surface area contributed by atoms with Crippen LogP contribution in [0.25, 0.3) is 0 Å². The van der Waals surface area contributed by atoms with Gasteiger partial charge in [-0.25, -0.2) is 19.6 Å². The van der Waals surface area contributed by atoms with E-state index in [4.69, 9.17) is 19.6 Å². The van der Waals surface area contributed by atoms with Gasteiger partial charge < -0.3 is 0 Å². The molecule has 0 aliphatic rings. The van der Waals surface area contributed by atoms with Crippen molar-refractivity contribution in [3.63, 3.8) is 0 Å². The lowest BCUT2D eigenvalue weighted by Gasteiger charge is -2.29. The second kappa shape index (κ2) is 8.39. The fourth-order valence-corrected chi connectivity index (χ4v) is 2.37. The Morgan fingerprint density at radius 3 is 1.23 bits per heavy atom. The summed E-state index contributed by atoms with van der Waals surface area (Å²) in [6.07, 6.45) is 1.52. The van der Waals surface area contributed by atoms with Gasteiger partial charge in [0.15, 0.2) is 0 Å². The van der Waals surface area contributed by atoms with Crippen LogP contribution >= 0.6 is 0 Å². The number of hydrogen-bond donors (Lipinski definition) is 0. The van der Waals surface area contributed by atoms with Gasteiger partial charge in [-0.3, -0.25) is 0 Å². The zero-order valence-electron chi connectivity index (χ0n) is 18.4. The molecule has 0 atom stereocenters. The predicted octanol–water partition coefficient (Wildman–Crippen LogP) is 5.82. The van der Waals surface area contributed by atoms with Crippen molar-refractivity contribution in [2.75, 3.05) is 0 Å². The normalized spacial score (nSPS) is 13.9. The molecule has 0 aromatic heterocycles. The van der Waals surface area contributed by atoms with E-state index in [1.165, 1.54) is 11.1 Å². The molecule has 1 rings (SSSR count). The minimum atomic E-state index is -0.409. The maximum absolute atomic E-state index is 5.67. The highest BCUT2D eigenvalue weighted by atomic mass is 17.2. The third kappa shape index (κ3) is 10.3. The Bertz CT molecular complexity index is 515. The average molecular weight is 367 g/mol. The van der Waals surface area contributed by atoms with E-state index in [0.717, 1.165) is 12.8 Å². The molecule has 0 bridgehead atoms. The fourth-order valence-electron chi connectivity index (χ4n) is 2.37. The first kappa shape index (κ1) is 23.1. The number of rotatable bonds is 8. The van der Waals surface area contributed by atoms with Crippen LogP contribution in [0.3, 0.4) is 0 Å². The molecule has 0 saturated heterocycles. The van der Waals surface area contributed by atoms with Gasteiger partial charge >= 0.3 is 0 Å². The van der Waals surface area contributed by atoms with Crippen molar-refractivity contribution in [1.29, 1.82) is 0 Å². The molecule has 0 aliphatic heterocycles. The van der Waals surface area contributed by atoms with Crippen LogP contribution in [0, 0.1) is 0 Å². The van der Waals surface area contributed by atoms with Gasteiger partial charge in [0.05, 0.1) is 11.2 Å². The maximum Gasteiger partial charge on any atom is 0.102 e. The SMILES string of the molecule is CC(C)(C)OOC(C)(C)Cc1cccc(CC(C)(C)OOC(C)(C)C)c1. The van der Waals surface area contributed by atoms with Crippen molar-refractivity contribution in [2.45, 2.75) is 104 Å². The highest BCUT2D eigenvalue weighted by molar-refractivity contribution is 5.25. The van der Waals surface area contributed by atoms with Crippen LogP contribution in [0.4, 0.5) is 0 Å². The smallest absolute Gasteiger partial charge is 0.102 e. The van der Waals surface area contributed by atoms with Gasteiger partial charge in [-0.1, -0.05) is 24.3 Å². The first-order valence-corrected chi connectivity index (χ1v) is 9.39. The molecule has 0 aliphatic carbocycles. The summed E-state index contributed by atoms with van der Waals surface area (Å²) in [5.74, 6) is 0. The predicted molar refractivity (Wildman–Crippen MR) is 106 cm³/mol. The Morgan fingerprint density at radius 2 is 0.923 bits per heavy atom. The standard InChI is InChI=1S/C22H38O4/c1-19(2,3)23-25-21(7,8)15-17-12-11-13-18(14-17)16-22(9,10)26-24-20(4,5)6/h11-14H,15-16H2,1-10H3. The minimum absolute atomic E-state index is 0.326. The summed E-state index contributed by atoms with van der Waals surface area (Å²) in [5.41, 5.74) is 0.941. The molecule has 150 valence electrons. The maximum atomic E-state index is 5.67. The molecule has 0 radical (unpaired) electrons. The highest BCUT2D eigenvalue weighted by Crippen LogP contribution is 2.24. The molecule has 0 saturated carbocycles. The molecule has 0 amide bonds. The second-order valence-electron chi connectivity index (χ2n) is 10.3. The van der Waals surface area contributed by atoms with Crippen LogP contribution in [0.2, 0.25) is 0 Å². The number of benzene rings is 1. The molecular formula is C22H38O4. The van der Waals surface area contributed by atoms with Gasteiger partial charge in [0.25, 0.3) is 0 Å². The Balaban J connectivity index is 2.72. The zero-order chi connectivity index (χ0) is 20.2. The highest BCUT2D eigenvalue weighted by Gasteiger charge is 2.26. The molecule has 0 unspecified atom stereocenters. The molecule has 1 aromatic rings. The topological polar surface area (TPSA) is 36.9 Å². The van der Waals surface area contributed by atoms with Crippen molar-refractivity contribution in [2.24, 2.45) is 0 Å². The first-order chi connectivity index (χ1) is 11.6. The lowest BCUT2D eigenvalue weighted by Crippen LogP contribution is -2.33. The van der Waals surface area contributed by atoms with Crippen molar-refractivity contribution in [1.82, 2.24) is 0 Å². The van der Waals surface area contributed by atoms with E-state index in [2.05, 4.69) is 24.3 Å². The van der Waals surface area contributed by atoms with E-state index < -0.39 is 11.2 Å². The van der Waals surface area contributed by atoms with Crippen LogP contribution in [0.1, 0.15) is 80.4 Å². The molecule has 0 fully saturated rings. The van der Waals surface area contributed by atoms with Crippen molar-refractivity contribution >= 4 is 0 Å². The van der Waals surface area contributed by atoms with Crippen molar-refractivity contribution in [3.05, 3.63) is 35.4 Å². The van der Waals surface area contributed by atoms with Gasteiger partial charge in [0.1, 0.15) is 11.2 Å². The van der Waals surface area contributed by atoms with Gasteiger partial charge in [-0.2, -0.15) is 0 Å². The molecule has 0 heterocycles. The Morgan fingerprint density at radius 1 is 0.577 bits per heavy atom. The largest absolute Gasteiger partial charge is 0.230 e. The lowest BCUT2D eigenvalue weighted by atomic mass is 9.93. The summed E-state index contributed by atoms with van der Waals surface area (Å²) in [5, 5.41) is 0. The molecular weight excluding hydrogens is 328 g/mol. The Kier molecular flexibility index (Phi) is 7.45. The van der Waals surface area contributed by atoms with E-state index >= 15 is 0 Å². The molecule has 4 heteroatoms. The molecule has 26 heavy (non-hydrogen) atoms. The van der Waals surface area contributed by atoms with Gasteiger partial charge in [0, 0.05) is 12.8 Å². The Labute approximate surface area is 160 Å². The molecule has 4 nitrogen and oxygen atoms in total. The quantitative estimate of drug-likeness (QED) is 0.429. The molecule has 1 aromatic carbocycles. The van der Waals surface area contributed by atoms with E-state index in [9.17, 15) is 0 Å². The summed E-state index contributed by atoms with van der Waals surface area (Å²) in [7, 11) is 0. The second-order valence-corrected chi connectivity index (χ2v) is 10.3. The van der Waals surface area contributed by atoms with Crippen LogP contribution in [-0.2, 0) is 32.4 Å². The molecule has 0 N–H and O–H groups in total. The van der Waals surface area contributed by atoms with Crippen LogP contribution < -0.4 is 0 Å². The summed E-state index contributed by atoms with van der Waals surface area (Å²) < 4.78 is 0. The number of hydrogen-bond acceptors (Lipinski definition) is 4. The first-order valence-electron chi connectivity index (χ1n) is 9.39. The van der Waals surface area contributed by atoms with Crippen LogP contribution in [0.5, 0.6) is 0 Å². The van der Waals surface area contributed by atoms with Crippen LogP contribution in [0.15, 0.2) is 24.3 Å². The van der Waals surface area contributed by atoms with E-state index in [1.54, 1.807) is 0 Å². The lowest BCUT2D eigenvalue weighted by molar-refractivity contribution is -0.397. The fraction of sp³-hybridized carbons (Fsp3) is 0.727. The van der Waals surface area contributed by atoms with E-state index in [0.29, 0.717) is 0 Å². The third-order valence-electron chi connectivity index (χ3n) is 3.29. The van der Waals surface area contributed by atoms with E-state index in [-0.39, 0.29) is 11.2 Å². The summed E-state index contributed by atoms with van der Waals surface area (Å²) in [6, 6.07) is 8.51. The molecule has 0 spiro atoms. The zero-order valence-corrected chi connectivity index (χ0v) is 18.4. The Hall–Kier alpha value is -0.940. The van der Waals surface area contributed by atoms with Crippen molar-refractivity contribution < 1.29 is 19.6 Å². The summed E-state index contributed by atoms with van der Waals surface area (Å²) in [4.78, 5) is 22.3. The van der Waals surface area contributed by atoms with Crippen molar-refractivity contribution in [3.8, 4) is 0 Å². The van der Waals surface area contributed by atoms with E-state index in [1.807, 2.05) is 69.2 Å². The minimum Gasteiger partial charge on any atom is -0.230 e. The summed E-state index contributed by atoms with van der Waals surface area (Å²) >= 11 is 0. The summed E-state index contributed by atoms with van der Waals surface area (Å²) in [6.45, 7) is 20.0.